The predicted molar refractivity (Wildman–Crippen MR) is 172 cm³/mol. The van der Waals surface area contributed by atoms with Gasteiger partial charge in [0.15, 0.2) is 0 Å². The molecule has 5 rings (SSSR count). The van der Waals surface area contributed by atoms with Gasteiger partial charge in [-0.05, 0) is 67.8 Å². The van der Waals surface area contributed by atoms with Crippen molar-refractivity contribution >= 4 is 35.0 Å². The molecule has 1 amide bonds. The summed E-state index contributed by atoms with van der Waals surface area (Å²) in [5.41, 5.74) is 4.21. The highest BCUT2D eigenvalue weighted by atomic mass is 32.2. The summed E-state index contributed by atoms with van der Waals surface area (Å²) in [6.07, 6.45) is 0. The van der Waals surface area contributed by atoms with Crippen molar-refractivity contribution in [1.82, 2.24) is 0 Å². The van der Waals surface area contributed by atoms with Gasteiger partial charge in [0.1, 0.15) is 18.0 Å². The number of hydrogen-bond donors (Lipinski definition) is 1. The molecule has 1 aliphatic heterocycles. The van der Waals surface area contributed by atoms with Crippen LogP contribution in [0.4, 0.5) is 11.4 Å². The van der Waals surface area contributed by atoms with Crippen molar-refractivity contribution < 1.29 is 19.1 Å². The second-order valence-corrected chi connectivity index (χ2v) is 12.4. The summed E-state index contributed by atoms with van der Waals surface area (Å²) in [7, 11) is 0. The Morgan fingerprint density at radius 3 is 2.19 bits per heavy atom. The van der Waals surface area contributed by atoms with Crippen LogP contribution < -0.4 is 15.0 Å². The van der Waals surface area contributed by atoms with E-state index < -0.39 is 11.6 Å². The third-order valence-electron chi connectivity index (χ3n) is 6.81. The molecular formula is C35H36N2O4S. The Morgan fingerprint density at radius 1 is 0.810 bits per heavy atom. The molecule has 4 aromatic carbocycles. The Bertz CT molecular complexity index is 1530. The number of nitrogens with zero attached hydrogens (tertiary/aromatic N) is 1. The largest absolute Gasteiger partial charge is 0.488 e. The molecule has 1 fully saturated rings. The Labute approximate surface area is 252 Å². The van der Waals surface area contributed by atoms with E-state index in [-0.39, 0.29) is 11.5 Å². The third-order valence-corrected chi connectivity index (χ3v) is 7.76. The minimum Gasteiger partial charge on any atom is -0.488 e. The zero-order valence-corrected chi connectivity index (χ0v) is 25.1. The summed E-state index contributed by atoms with van der Waals surface area (Å²) >= 11 is 1.93. The first-order valence-corrected chi connectivity index (χ1v) is 15.3. The number of nitrogens with one attached hydrogen (secondary N) is 1. The summed E-state index contributed by atoms with van der Waals surface area (Å²) in [5.74, 6) is 1.70. The van der Waals surface area contributed by atoms with Crippen molar-refractivity contribution in [3.05, 3.63) is 114 Å². The molecule has 1 N–H and O–H groups in total. The molecule has 0 aromatic heterocycles. The molecule has 42 heavy (non-hydrogen) atoms. The quantitative estimate of drug-likeness (QED) is 0.216. The van der Waals surface area contributed by atoms with Crippen LogP contribution in [0.5, 0.6) is 5.75 Å². The minimum absolute atomic E-state index is 0.286. The van der Waals surface area contributed by atoms with Crippen molar-refractivity contribution in [2.24, 2.45) is 0 Å². The Kier molecular flexibility index (Phi) is 9.18. The Balaban J connectivity index is 1.50. The molecule has 1 saturated heterocycles. The van der Waals surface area contributed by atoms with Crippen LogP contribution in [-0.2, 0) is 11.3 Å². The van der Waals surface area contributed by atoms with Crippen molar-refractivity contribution in [1.29, 1.82) is 0 Å². The third kappa shape index (κ3) is 7.53. The second kappa shape index (κ2) is 13.2. The van der Waals surface area contributed by atoms with Crippen LogP contribution in [0.3, 0.4) is 0 Å². The molecule has 0 unspecified atom stereocenters. The number of hydrogen-bond acceptors (Lipinski definition) is 6. The van der Waals surface area contributed by atoms with Gasteiger partial charge in [0, 0.05) is 30.3 Å². The summed E-state index contributed by atoms with van der Waals surface area (Å²) in [6, 6.07) is 30.9. The summed E-state index contributed by atoms with van der Waals surface area (Å²) in [4.78, 5) is 29.5. The molecule has 0 aliphatic carbocycles. The topological polar surface area (TPSA) is 67.9 Å². The van der Waals surface area contributed by atoms with Crippen molar-refractivity contribution in [3.8, 4) is 16.9 Å². The highest BCUT2D eigenvalue weighted by Crippen LogP contribution is 2.31. The van der Waals surface area contributed by atoms with E-state index in [4.69, 9.17) is 9.47 Å². The lowest BCUT2D eigenvalue weighted by atomic mass is 10.0. The maximum Gasteiger partial charge on any atom is 0.340 e. The molecular weight excluding hydrogens is 544 g/mol. The standard InChI is InChI=1S/C35H36N2O4S/c1-35(2,3)41-34(39)29-16-14-27(26-12-8-5-9-13-26)22-31(29)36-33(38)30-23-28(37-18-20-42-21-19-37)15-17-32(30)40-24-25-10-6-4-7-11-25/h4-17,22-23H,18-21,24H2,1-3H3,(H,36,38). The van der Waals surface area contributed by atoms with Gasteiger partial charge in [-0.1, -0.05) is 66.7 Å². The lowest BCUT2D eigenvalue weighted by Crippen LogP contribution is -2.32. The molecule has 1 heterocycles. The number of amides is 1. The van der Waals surface area contributed by atoms with Gasteiger partial charge in [-0.2, -0.15) is 11.8 Å². The van der Waals surface area contributed by atoms with Gasteiger partial charge in [-0.25, -0.2) is 4.79 Å². The van der Waals surface area contributed by atoms with E-state index in [1.165, 1.54) is 0 Å². The van der Waals surface area contributed by atoms with Crippen LogP contribution in [-0.4, -0.2) is 42.1 Å². The van der Waals surface area contributed by atoms with E-state index in [0.717, 1.165) is 47.0 Å². The van der Waals surface area contributed by atoms with Crippen LogP contribution in [0.25, 0.3) is 11.1 Å². The molecule has 0 spiro atoms. The monoisotopic (exact) mass is 580 g/mol. The van der Waals surface area contributed by atoms with E-state index in [9.17, 15) is 9.59 Å². The molecule has 0 radical (unpaired) electrons. The van der Waals surface area contributed by atoms with E-state index in [1.54, 1.807) is 6.07 Å². The van der Waals surface area contributed by atoms with Crippen LogP contribution >= 0.6 is 11.8 Å². The van der Waals surface area contributed by atoms with Crippen LogP contribution in [0.1, 0.15) is 47.1 Å². The molecule has 4 aromatic rings. The second-order valence-electron chi connectivity index (χ2n) is 11.1. The normalized spacial score (nSPS) is 13.4. The fraction of sp³-hybridized carbons (Fsp3) is 0.257. The van der Waals surface area contributed by atoms with E-state index in [2.05, 4.69) is 10.2 Å². The molecule has 0 bridgehead atoms. The Morgan fingerprint density at radius 2 is 1.50 bits per heavy atom. The number of benzene rings is 4. The minimum atomic E-state index is -0.685. The fourth-order valence-corrected chi connectivity index (χ4v) is 5.64. The molecule has 6 nitrogen and oxygen atoms in total. The number of anilines is 2. The van der Waals surface area contributed by atoms with Gasteiger partial charge in [0.2, 0.25) is 0 Å². The van der Waals surface area contributed by atoms with Crippen LogP contribution in [0.2, 0.25) is 0 Å². The van der Waals surface area contributed by atoms with E-state index in [0.29, 0.717) is 23.6 Å². The lowest BCUT2D eigenvalue weighted by molar-refractivity contribution is 0.00707. The molecule has 216 valence electrons. The zero-order valence-electron chi connectivity index (χ0n) is 24.3. The van der Waals surface area contributed by atoms with Gasteiger partial charge >= 0.3 is 5.97 Å². The number of carbonyl (C=O) groups is 2. The molecule has 1 aliphatic rings. The Hall–Kier alpha value is -4.23. The van der Waals surface area contributed by atoms with E-state index >= 15 is 0 Å². The SMILES string of the molecule is CC(C)(C)OC(=O)c1ccc(-c2ccccc2)cc1NC(=O)c1cc(N2CCSCC2)ccc1OCc1ccccc1. The summed E-state index contributed by atoms with van der Waals surface area (Å²) < 4.78 is 11.9. The maximum atomic E-state index is 14.0. The maximum absolute atomic E-state index is 14.0. The number of thioether (sulfide) groups is 1. The smallest absolute Gasteiger partial charge is 0.340 e. The first-order chi connectivity index (χ1) is 20.3. The van der Waals surface area contributed by atoms with Crippen molar-refractivity contribution in [3.63, 3.8) is 0 Å². The molecule has 7 heteroatoms. The van der Waals surface area contributed by atoms with Crippen LogP contribution in [0.15, 0.2) is 97.1 Å². The van der Waals surface area contributed by atoms with Gasteiger partial charge in [-0.15, -0.1) is 0 Å². The predicted octanol–water partition coefficient (Wildman–Crippen LogP) is 7.69. The van der Waals surface area contributed by atoms with Gasteiger partial charge < -0.3 is 19.7 Å². The highest BCUT2D eigenvalue weighted by molar-refractivity contribution is 7.99. The van der Waals surface area contributed by atoms with Gasteiger partial charge in [0.05, 0.1) is 16.8 Å². The van der Waals surface area contributed by atoms with E-state index in [1.807, 2.05) is 124 Å². The van der Waals surface area contributed by atoms with Crippen molar-refractivity contribution in [2.45, 2.75) is 33.0 Å². The van der Waals surface area contributed by atoms with Gasteiger partial charge in [0.25, 0.3) is 5.91 Å². The highest BCUT2D eigenvalue weighted by Gasteiger charge is 2.24. The summed E-state index contributed by atoms with van der Waals surface area (Å²) in [5, 5.41) is 3.03. The first-order valence-electron chi connectivity index (χ1n) is 14.1. The lowest BCUT2D eigenvalue weighted by Gasteiger charge is -2.29. The van der Waals surface area contributed by atoms with Crippen molar-refractivity contribution in [2.75, 3.05) is 34.8 Å². The van der Waals surface area contributed by atoms with Gasteiger partial charge in [-0.3, -0.25) is 4.79 Å². The number of rotatable bonds is 8. The zero-order chi connectivity index (χ0) is 29.5. The molecule has 0 atom stereocenters. The number of ether oxygens (including phenoxy) is 2. The fourth-order valence-electron chi connectivity index (χ4n) is 4.73. The first kappa shape index (κ1) is 29.3. The van der Waals surface area contributed by atoms with Crippen LogP contribution in [0, 0.1) is 0 Å². The average molecular weight is 581 g/mol. The average Bonchev–Trinajstić information content (AvgIpc) is 3.00. The molecule has 0 saturated carbocycles. The number of esters is 1. The summed E-state index contributed by atoms with van der Waals surface area (Å²) in [6.45, 7) is 7.62. The number of carbonyl (C=O) groups excluding carboxylic acids is 2.